The summed E-state index contributed by atoms with van der Waals surface area (Å²) in [5, 5.41) is 0. The molecular formula is C44H106Cl3IKO20P5. The number of rotatable bonds is 12. The molecule has 0 atom stereocenters. The molecule has 20 nitrogen and oxygen atoms in total. The molecule has 3 N–H and O–H groups in total. The molecular weight excluding hydrogens is 1280 g/mol. The van der Waals surface area contributed by atoms with Gasteiger partial charge >= 0.3 is 75.3 Å². The summed E-state index contributed by atoms with van der Waals surface area (Å²) < 4.78 is 112. The van der Waals surface area contributed by atoms with Gasteiger partial charge in [0.2, 0.25) is 0 Å². The van der Waals surface area contributed by atoms with Gasteiger partial charge in [0.15, 0.2) is 0 Å². The van der Waals surface area contributed by atoms with Crippen LogP contribution in [0.2, 0.25) is 0 Å². The van der Waals surface area contributed by atoms with Crippen LogP contribution in [0.1, 0.15) is 223 Å². The van der Waals surface area contributed by atoms with Crippen LogP contribution in [0.4, 0.5) is 0 Å². The van der Waals surface area contributed by atoms with Crippen molar-refractivity contribution in [3.05, 3.63) is 0 Å². The van der Waals surface area contributed by atoms with Crippen LogP contribution in [0.25, 0.3) is 0 Å². The standard InChI is InChI=1S/C9H20ClO4P.3C8H19O4P.C8H18O3P.CH2ClI.2CH4.ClH.K.H2O/c1-8(2,3)13-15(11,12-7-10)14-9(4,5)6;3*1-7(2,3)11-13(9,10)12-8(4,5)6;1-7(2,3)10-12(9)11-8(4,5)6;2-1-3;;;;;/h7H2,1-6H3;3*1-6H3,(H,9,10);1-6H3;1H2;2*1H4;1H;;1H2/q;;;;+1;;;;;+1;/p-2. The molecule has 0 fully saturated rings. The molecule has 0 aromatic heterocycles. The minimum atomic E-state index is -4.19. The van der Waals surface area contributed by atoms with Gasteiger partial charge in [-0.15, -0.1) is 33.1 Å². The first kappa shape index (κ1) is 103. The van der Waals surface area contributed by atoms with Gasteiger partial charge in [0, 0.05) is 4.57 Å². The summed E-state index contributed by atoms with van der Waals surface area (Å²) in [6, 6.07) is -0.233. The van der Waals surface area contributed by atoms with Crippen molar-refractivity contribution in [2.45, 2.75) is 279 Å². The first-order chi connectivity index (χ1) is 29.2. The van der Waals surface area contributed by atoms with Crippen molar-refractivity contribution >= 4 is 97.7 Å². The smallest absolute Gasteiger partial charge is 0.756 e. The Labute approximate surface area is 525 Å². The zero-order valence-electron chi connectivity index (χ0n) is 49.5. The molecule has 74 heavy (non-hydrogen) atoms. The molecule has 0 aromatic carbocycles. The van der Waals surface area contributed by atoms with Crippen molar-refractivity contribution in [3.63, 3.8) is 0 Å². The van der Waals surface area contributed by atoms with Crippen LogP contribution in [0.3, 0.4) is 0 Å². The van der Waals surface area contributed by atoms with Crippen LogP contribution in [-0.4, -0.2) is 76.3 Å². The quantitative estimate of drug-likeness (QED) is 0.0822. The molecule has 0 bridgehead atoms. The number of alkyl halides is 3. The van der Waals surface area contributed by atoms with Crippen molar-refractivity contribution in [3.8, 4) is 0 Å². The second-order valence-corrected chi connectivity index (χ2v) is 32.7. The maximum Gasteiger partial charge on any atom is 1.00 e. The Morgan fingerprint density at radius 1 is 0.432 bits per heavy atom. The van der Waals surface area contributed by atoms with Crippen LogP contribution in [0, 0.1) is 0 Å². The van der Waals surface area contributed by atoms with Gasteiger partial charge < -0.3 is 38.3 Å². The summed E-state index contributed by atoms with van der Waals surface area (Å²) in [6.45, 7) is 51.7. The summed E-state index contributed by atoms with van der Waals surface area (Å²) >= 11 is 12.4. The largest absolute Gasteiger partial charge is 1.00 e. The fourth-order valence-electron chi connectivity index (χ4n) is 3.36. The van der Waals surface area contributed by atoms with Gasteiger partial charge in [0.05, 0.1) is 48.7 Å². The summed E-state index contributed by atoms with van der Waals surface area (Å²) in [6.07, 6.45) is 0. The molecule has 0 aliphatic carbocycles. The molecule has 30 heteroatoms. The van der Waals surface area contributed by atoms with E-state index >= 15 is 0 Å². The zero-order valence-corrected chi connectivity index (χ0v) is 61.6. The maximum absolute atomic E-state index is 12.1. The second kappa shape index (κ2) is 40.8. The average molecular weight is 1380 g/mol. The van der Waals surface area contributed by atoms with E-state index in [1.54, 1.807) is 166 Å². The van der Waals surface area contributed by atoms with Gasteiger partial charge in [-0.25, -0.2) is 9.13 Å². The Morgan fingerprint density at radius 2 is 0.595 bits per heavy atom. The van der Waals surface area contributed by atoms with Gasteiger partial charge in [-0.3, -0.25) is 31.7 Å². The summed E-state index contributed by atoms with van der Waals surface area (Å²) in [7, 11) is -17.9. The summed E-state index contributed by atoms with van der Waals surface area (Å²) in [5.74, 6) is 0. The molecule has 0 amide bonds. The molecule has 0 aliphatic heterocycles. The van der Waals surface area contributed by atoms with E-state index in [-0.39, 0.29) is 90.2 Å². The first-order valence-electron chi connectivity index (χ1n) is 21.6. The fourth-order valence-corrected chi connectivity index (χ4v) is 10.4. The van der Waals surface area contributed by atoms with Gasteiger partial charge in [-0.05, 0) is 208 Å². The number of phosphoric ester groups is 4. The van der Waals surface area contributed by atoms with Crippen LogP contribution in [0.15, 0.2) is 0 Å². The molecule has 0 aliphatic rings. The number of hydrogen-bond acceptors (Lipinski definition) is 18. The third-order valence-electron chi connectivity index (χ3n) is 4.00. The Morgan fingerprint density at radius 3 is 0.716 bits per heavy atom. The normalized spacial score (nSPS) is 13.0. The van der Waals surface area contributed by atoms with E-state index in [9.17, 15) is 37.5 Å². The molecule has 0 saturated carbocycles. The molecule has 0 heterocycles. The van der Waals surface area contributed by atoms with E-state index in [4.69, 9.17) is 73.0 Å². The topological polar surface area (TPSA) is 285 Å². The monoisotopic (exact) mass is 1380 g/mol. The van der Waals surface area contributed by atoms with E-state index in [0.29, 0.717) is 3.89 Å². The van der Waals surface area contributed by atoms with Gasteiger partial charge in [0.25, 0.3) is 15.6 Å². The molecule has 0 spiro atoms. The van der Waals surface area contributed by atoms with Gasteiger partial charge in [0.1, 0.15) is 17.3 Å². The molecule has 0 aromatic rings. The second-order valence-electron chi connectivity index (χ2n) is 24.4. The van der Waals surface area contributed by atoms with Crippen molar-refractivity contribution in [1.82, 2.24) is 0 Å². The first-order valence-corrected chi connectivity index (χ1v) is 31.2. The van der Waals surface area contributed by atoms with E-state index in [2.05, 4.69) is 22.6 Å². The predicted octanol–water partition coefficient (Wildman–Crippen LogP) is 13.6. The van der Waals surface area contributed by atoms with Crippen LogP contribution in [-0.2, 0) is 72.6 Å². The minimum absolute atomic E-state index is 0. The van der Waals surface area contributed by atoms with Crippen molar-refractivity contribution in [2.24, 2.45) is 0 Å². The van der Waals surface area contributed by atoms with E-state index in [1.807, 2.05) is 41.5 Å². The SMILES string of the molecule is C.C.CC(C)(C)OP(=O)(O)OC(C)(C)C.CC(C)(C)OP(=O)(OCCl)OC(C)(C)C.CC(C)(C)OP(=O)([O-])OC(C)(C)C.CC(C)(C)OP(=O)([O-])OC(C)(C)C.CC(C)(C)O[P+](=O)OC(C)(C)C.Cl.ClCI.O.[K+]. The Bertz CT molecular complexity index is 1420. The molecule has 456 valence electrons. The van der Waals surface area contributed by atoms with E-state index < -0.39 is 95.6 Å². The average Bonchev–Trinajstić information content (AvgIpc) is 2.81. The molecule has 0 rings (SSSR count). The molecule has 0 unspecified atom stereocenters. The summed E-state index contributed by atoms with van der Waals surface area (Å²) in [5.41, 5.74) is -6.43. The van der Waals surface area contributed by atoms with Crippen molar-refractivity contribution in [1.29, 1.82) is 0 Å². The summed E-state index contributed by atoms with van der Waals surface area (Å²) in [4.78, 5) is 31.8. The van der Waals surface area contributed by atoms with Crippen molar-refractivity contribution < 1.29 is 144 Å². The zero-order chi connectivity index (χ0) is 57.8. The van der Waals surface area contributed by atoms with Crippen LogP contribution in [0.5, 0.6) is 0 Å². The van der Waals surface area contributed by atoms with Crippen LogP contribution < -0.4 is 61.2 Å². The fraction of sp³-hybridized carbons (Fsp3) is 1.00. The van der Waals surface area contributed by atoms with Crippen LogP contribution >= 0.6 is 97.7 Å². The predicted molar refractivity (Wildman–Crippen MR) is 310 cm³/mol. The van der Waals surface area contributed by atoms with Gasteiger partial charge in [-0.1, -0.05) is 49.0 Å². The molecule has 0 radical (unpaired) electrons. The number of hydrogen-bond donors (Lipinski definition) is 1. The minimum Gasteiger partial charge on any atom is -0.756 e. The Kier molecular flexibility index (Phi) is 56.7. The number of phosphoric acid groups is 4. The maximum atomic E-state index is 12.1. The Hall–Kier alpha value is 3.66. The van der Waals surface area contributed by atoms with Gasteiger partial charge in [-0.2, -0.15) is 0 Å². The molecule has 0 saturated heterocycles. The van der Waals surface area contributed by atoms with Crippen molar-refractivity contribution in [2.75, 3.05) is 9.95 Å². The van der Waals surface area contributed by atoms with E-state index in [0.717, 1.165) is 0 Å². The third-order valence-corrected chi connectivity index (χ3v) is 12.3. The Balaban J connectivity index is -0.0000000723. The number of halogens is 4. The van der Waals surface area contributed by atoms with E-state index in [1.165, 1.54) is 0 Å². The third kappa shape index (κ3) is 97.8.